The Morgan fingerprint density at radius 3 is 2.66 bits per heavy atom. The van der Waals surface area contributed by atoms with Crippen molar-refractivity contribution in [2.45, 2.75) is 44.6 Å². The maximum atomic E-state index is 12.9. The Bertz CT molecular complexity index is 1110. The summed E-state index contributed by atoms with van der Waals surface area (Å²) in [7, 11) is 3.76. The summed E-state index contributed by atoms with van der Waals surface area (Å²) in [5.41, 5.74) is 2.62. The molecule has 0 saturated carbocycles. The van der Waals surface area contributed by atoms with Crippen LogP contribution in [0.2, 0.25) is 0 Å². The number of nitrogens with zero attached hydrogens (tertiary/aromatic N) is 2. The second-order valence-electron chi connectivity index (χ2n) is 8.76. The Balaban J connectivity index is 1.64. The van der Waals surface area contributed by atoms with E-state index in [0.29, 0.717) is 17.7 Å². The van der Waals surface area contributed by atoms with E-state index >= 15 is 0 Å². The first kappa shape index (κ1) is 22.0. The lowest BCUT2D eigenvalue weighted by Crippen LogP contribution is -2.42. The van der Waals surface area contributed by atoms with Gasteiger partial charge in [-0.2, -0.15) is 0 Å². The molecule has 32 heavy (non-hydrogen) atoms. The van der Waals surface area contributed by atoms with Crippen LogP contribution in [0.25, 0.3) is 0 Å². The van der Waals surface area contributed by atoms with Crippen molar-refractivity contribution in [3.63, 3.8) is 0 Å². The number of nitro benzene ring substituents is 1. The van der Waals surface area contributed by atoms with E-state index in [-0.39, 0.29) is 22.7 Å². The Kier molecular flexibility index (Phi) is 5.77. The fourth-order valence-electron chi connectivity index (χ4n) is 5.22. The van der Waals surface area contributed by atoms with Gasteiger partial charge < -0.3 is 9.47 Å². The number of allylic oxidation sites excluding steroid dienone is 1. The number of aryl methyl sites for hydroxylation is 2. The second kappa shape index (κ2) is 8.39. The summed E-state index contributed by atoms with van der Waals surface area (Å²) in [6, 6.07) is 11.0. The highest BCUT2D eigenvalue weighted by Crippen LogP contribution is 2.48. The minimum Gasteiger partial charge on any atom is -0.496 e. The molecule has 1 saturated heterocycles. The number of hydrogen-bond acceptors (Lipinski definition) is 6. The zero-order chi connectivity index (χ0) is 23.0. The Morgan fingerprint density at radius 2 is 1.97 bits per heavy atom. The molecule has 7 nitrogen and oxygen atoms in total. The number of rotatable bonds is 5. The monoisotopic (exact) mass is 436 g/mol. The number of likely N-dealkylation sites (tertiary alicyclic amines) is 1. The van der Waals surface area contributed by atoms with Gasteiger partial charge in [-0.3, -0.25) is 15.0 Å². The Labute approximate surface area is 187 Å². The molecular weight excluding hydrogens is 408 g/mol. The van der Waals surface area contributed by atoms with Crippen molar-refractivity contribution < 1.29 is 19.2 Å². The van der Waals surface area contributed by atoms with Gasteiger partial charge in [0.25, 0.3) is 5.69 Å². The lowest BCUT2D eigenvalue weighted by molar-refractivity contribution is -0.385. The number of hydrogen-bond donors (Lipinski definition) is 0. The first-order chi connectivity index (χ1) is 15.3. The van der Waals surface area contributed by atoms with Crippen molar-refractivity contribution in [2.75, 3.05) is 20.7 Å². The summed E-state index contributed by atoms with van der Waals surface area (Å²) in [6.07, 6.45) is 4.47. The topological polar surface area (TPSA) is 81.9 Å². The number of nitro groups is 1. The minimum atomic E-state index is -0.672. The van der Waals surface area contributed by atoms with Crippen LogP contribution >= 0.6 is 0 Å². The summed E-state index contributed by atoms with van der Waals surface area (Å²) < 4.78 is 11.1. The van der Waals surface area contributed by atoms with Gasteiger partial charge in [0, 0.05) is 23.9 Å². The van der Waals surface area contributed by atoms with Crippen molar-refractivity contribution >= 4 is 11.7 Å². The molecule has 2 aromatic carbocycles. The smallest absolute Gasteiger partial charge is 0.350 e. The fraction of sp³-hybridized carbons (Fsp3) is 0.400. The summed E-state index contributed by atoms with van der Waals surface area (Å²) in [5, 5.41) is 11.4. The first-order valence-corrected chi connectivity index (χ1v) is 10.8. The summed E-state index contributed by atoms with van der Waals surface area (Å²) in [4.78, 5) is 26.0. The number of carbonyl (C=O) groups is 1. The largest absolute Gasteiger partial charge is 0.496 e. The van der Waals surface area contributed by atoms with Gasteiger partial charge >= 0.3 is 5.97 Å². The third-order valence-corrected chi connectivity index (χ3v) is 6.96. The van der Waals surface area contributed by atoms with Gasteiger partial charge in [-0.25, -0.2) is 4.79 Å². The molecule has 0 bridgehead atoms. The molecular formula is C25H28N2O5. The van der Waals surface area contributed by atoms with Gasteiger partial charge in [0.05, 0.1) is 12.0 Å². The van der Waals surface area contributed by atoms with Crippen LogP contribution in [0.3, 0.4) is 0 Å². The van der Waals surface area contributed by atoms with Crippen LogP contribution in [0.15, 0.2) is 48.2 Å². The van der Waals surface area contributed by atoms with Crippen molar-refractivity contribution in [3.8, 4) is 5.75 Å². The molecule has 168 valence electrons. The molecule has 7 heteroatoms. The highest BCUT2D eigenvalue weighted by atomic mass is 16.6. The Hall–Kier alpha value is -3.19. The fourth-order valence-corrected chi connectivity index (χ4v) is 5.22. The highest BCUT2D eigenvalue weighted by Gasteiger charge is 2.48. The predicted molar refractivity (Wildman–Crippen MR) is 121 cm³/mol. The molecule has 0 spiro atoms. The van der Waals surface area contributed by atoms with Gasteiger partial charge in [0.1, 0.15) is 17.1 Å². The van der Waals surface area contributed by atoms with Gasteiger partial charge in [-0.15, -0.1) is 0 Å². The third kappa shape index (κ3) is 3.66. The van der Waals surface area contributed by atoms with Crippen LogP contribution in [0, 0.1) is 24.0 Å². The molecule has 0 aromatic heterocycles. The maximum absolute atomic E-state index is 12.9. The molecule has 0 amide bonds. The molecule has 1 fully saturated rings. The number of ether oxygens (including phenoxy) is 2. The summed E-state index contributed by atoms with van der Waals surface area (Å²) in [5.74, 6) is 0.774. The maximum Gasteiger partial charge on any atom is 0.350 e. The van der Waals surface area contributed by atoms with E-state index in [1.807, 2.05) is 19.1 Å². The van der Waals surface area contributed by atoms with E-state index in [9.17, 15) is 14.9 Å². The number of esters is 1. The van der Waals surface area contributed by atoms with E-state index in [4.69, 9.17) is 9.47 Å². The zero-order valence-electron chi connectivity index (χ0n) is 18.9. The van der Waals surface area contributed by atoms with Crippen LogP contribution in [0.1, 0.15) is 46.3 Å². The van der Waals surface area contributed by atoms with E-state index in [2.05, 4.69) is 24.1 Å². The lowest BCUT2D eigenvalue weighted by atomic mass is 9.68. The van der Waals surface area contributed by atoms with Crippen LogP contribution in [-0.2, 0) is 10.2 Å². The summed E-state index contributed by atoms with van der Waals surface area (Å²) >= 11 is 0. The van der Waals surface area contributed by atoms with Crippen molar-refractivity contribution in [2.24, 2.45) is 0 Å². The minimum absolute atomic E-state index is 0.0146. The number of fused-ring (bicyclic) bond motifs is 1. The number of likely N-dealkylation sites (N-methyl/N-ethyl adjacent to an activating group) is 1. The lowest BCUT2D eigenvalue weighted by Gasteiger charge is -2.40. The van der Waals surface area contributed by atoms with E-state index in [0.717, 1.165) is 30.7 Å². The normalized spacial score (nSPS) is 22.8. The number of benzene rings is 2. The first-order valence-electron chi connectivity index (χ1n) is 10.8. The average Bonchev–Trinajstić information content (AvgIpc) is 3.10. The summed E-state index contributed by atoms with van der Waals surface area (Å²) in [6.45, 7) is 4.67. The van der Waals surface area contributed by atoms with Gasteiger partial charge in [-0.1, -0.05) is 24.3 Å². The van der Waals surface area contributed by atoms with Crippen LogP contribution in [0.4, 0.5) is 5.69 Å². The molecule has 0 radical (unpaired) electrons. The molecule has 1 aliphatic carbocycles. The SMILES string of the molecule is COc1ccc([C@@]23CCC(OC(=O)c4c(C)cccc4[N+](=O)[O-])=C[C@@H]2N(C)CC3)cc1C. The van der Waals surface area contributed by atoms with Gasteiger partial charge in [0.2, 0.25) is 0 Å². The van der Waals surface area contributed by atoms with Crippen molar-refractivity contribution in [1.29, 1.82) is 0 Å². The molecule has 4 rings (SSSR count). The molecule has 1 heterocycles. The average molecular weight is 437 g/mol. The Morgan fingerprint density at radius 1 is 1.19 bits per heavy atom. The van der Waals surface area contributed by atoms with Gasteiger partial charge in [-0.05, 0) is 69.1 Å². The van der Waals surface area contributed by atoms with Crippen LogP contribution in [0.5, 0.6) is 5.75 Å². The predicted octanol–water partition coefficient (Wildman–Crippen LogP) is 4.70. The zero-order valence-corrected chi connectivity index (χ0v) is 18.9. The third-order valence-electron chi connectivity index (χ3n) is 6.96. The molecule has 2 atom stereocenters. The number of methoxy groups -OCH3 is 1. The quantitative estimate of drug-likeness (QED) is 0.384. The second-order valence-corrected chi connectivity index (χ2v) is 8.76. The molecule has 2 aromatic rings. The van der Waals surface area contributed by atoms with Crippen molar-refractivity contribution in [1.82, 2.24) is 4.90 Å². The highest BCUT2D eigenvalue weighted by molar-refractivity contribution is 5.96. The molecule has 0 unspecified atom stereocenters. The number of carbonyl (C=O) groups excluding carboxylic acids is 1. The molecule has 1 aliphatic heterocycles. The van der Waals surface area contributed by atoms with Crippen molar-refractivity contribution in [3.05, 3.63) is 80.6 Å². The van der Waals surface area contributed by atoms with E-state index < -0.39 is 10.9 Å². The standard InChI is InChI=1S/C25H28N2O5/c1-16-6-5-7-20(27(29)30)23(16)24(28)32-19-10-11-25(12-13-26(3)22(25)15-19)18-8-9-21(31-4)17(2)14-18/h5-9,14-15,22H,10-13H2,1-4H3/t22-,25-/m0/s1. The molecule has 0 N–H and O–H groups in total. The van der Waals surface area contributed by atoms with E-state index in [1.165, 1.54) is 11.6 Å². The van der Waals surface area contributed by atoms with Crippen LogP contribution in [-0.4, -0.2) is 42.5 Å². The van der Waals surface area contributed by atoms with Gasteiger partial charge in [0.15, 0.2) is 0 Å². The van der Waals surface area contributed by atoms with E-state index in [1.54, 1.807) is 26.2 Å². The molecule has 2 aliphatic rings. The van der Waals surface area contributed by atoms with Crippen LogP contribution < -0.4 is 4.74 Å².